The van der Waals surface area contributed by atoms with Crippen LogP contribution < -0.4 is 16.0 Å². The van der Waals surface area contributed by atoms with Gasteiger partial charge in [-0.05, 0) is 50.0 Å². The Kier molecular flexibility index (Phi) is 5.86. The predicted octanol–water partition coefficient (Wildman–Crippen LogP) is 2.25. The van der Waals surface area contributed by atoms with E-state index in [1.807, 2.05) is 31.2 Å². The largest absolute Gasteiger partial charge is 0.366 e. The van der Waals surface area contributed by atoms with Crippen LogP contribution in [-0.2, 0) is 0 Å². The molecule has 0 bridgehead atoms. The second-order valence-electron chi connectivity index (χ2n) is 7.24. The number of rotatable bonds is 6. The lowest BCUT2D eigenvalue weighted by molar-refractivity contribution is 0.1000. The number of hydrogen-bond donors (Lipinski definition) is 3. The molecule has 0 atom stereocenters. The van der Waals surface area contributed by atoms with Gasteiger partial charge in [-0.25, -0.2) is 9.97 Å². The number of carbonyl (C=O) groups is 1. The third-order valence-corrected chi connectivity index (χ3v) is 5.70. The van der Waals surface area contributed by atoms with Crippen molar-refractivity contribution in [1.82, 2.24) is 25.1 Å². The third kappa shape index (κ3) is 4.89. The van der Waals surface area contributed by atoms with Gasteiger partial charge in [-0.2, -0.15) is 5.10 Å². The van der Waals surface area contributed by atoms with Crippen molar-refractivity contribution in [3.8, 4) is 0 Å². The molecule has 4 N–H and O–H groups in total. The smallest absolute Gasteiger partial charge is 0.248 e. The molecule has 9 nitrogen and oxygen atoms in total. The number of H-pyrrole nitrogens is 1. The van der Waals surface area contributed by atoms with Crippen LogP contribution in [0.3, 0.4) is 0 Å². The van der Waals surface area contributed by atoms with Crippen molar-refractivity contribution in [2.24, 2.45) is 5.73 Å². The summed E-state index contributed by atoms with van der Waals surface area (Å²) in [6.45, 7) is 5.74. The van der Waals surface area contributed by atoms with Crippen LogP contribution in [0, 0.1) is 6.92 Å². The Morgan fingerprint density at radius 3 is 2.47 bits per heavy atom. The summed E-state index contributed by atoms with van der Waals surface area (Å²) in [5.41, 5.74) is 6.77. The number of nitrogens with one attached hydrogen (secondary N) is 2. The van der Waals surface area contributed by atoms with Gasteiger partial charge in [0.05, 0.1) is 0 Å². The maximum absolute atomic E-state index is 11.3. The van der Waals surface area contributed by atoms with Crippen molar-refractivity contribution in [3.63, 3.8) is 0 Å². The molecular formula is C20H24N8OS. The fraction of sp³-hybridized carbons (Fsp3) is 0.300. The minimum atomic E-state index is -0.444. The Labute approximate surface area is 179 Å². The maximum Gasteiger partial charge on any atom is 0.248 e. The Morgan fingerprint density at radius 1 is 1.10 bits per heavy atom. The molecule has 1 fully saturated rings. The summed E-state index contributed by atoms with van der Waals surface area (Å²) in [5.74, 6) is 1.82. The highest BCUT2D eigenvalue weighted by molar-refractivity contribution is 7.99. The van der Waals surface area contributed by atoms with Gasteiger partial charge >= 0.3 is 0 Å². The number of anilines is 3. The van der Waals surface area contributed by atoms with E-state index in [2.05, 4.69) is 37.3 Å². The van der Waals surface area contributed by atoms with Crippen molar-refractivity contribution in [3.05, 3.63) is 47.7 Å². The van der Waals surface area contributed by atoms with Crippen LogP contribution in [0.25, 0.3) is 0 Å². The lowest BCUT2D eigenvalue weighted by Crippen LogP contribution is -2.44. The van der Waals surface area contributed by atoms with E-state index in [1.54, 1.807) is 12.1 Å². The zero-order valence-corrected chi connectivity index (χ0v) is 17.7. The Hall–Kier alpha value is -3.11. The van der Waals surface area contributed by atoms with Gasteiger partial charge < -0.3 is 20.9 Å². The van der Waals surface area contributed by atoms with Crippen LogP contribution in [0.1, 0.15) is 16.1 Å². The first-order valence-electron chi connectivity index (χ1n) is 9.65. The van der Waals surface area contributed by atoms with Gasteiger partial charge in [0.2, 0.25) is 5.91 Å². The van der Waals surface area contributed by atoms with E-state index in [0.717, 1.165) is 42.6 Å². The molecule has 2 aromatic heterocycles. The summed E-state index contributed by atoms with van der Waals surface area (Å²) in [6.07, 6.45) is 0. The van der Waals surface area contributed by atoms with E-state index < -0.39 is 5.91 Å². The molecule has 0 aliphatic carbocycles. The minimum Gasteiger partial charge on any atom is -0.366 e. The lowest BCUT2D eigenvalue weighted by atomic mass is 10.2. The Bertz CT molecular complexity index is 1030. The van der Waals surface area contributed by atoms with E-state index in [1.165, 1.54) is 11.8 Å². The molecule has 1 aromatic carbocycles. The number of benzene rings is 1. The molecular weight excluding hydrogens is 400 g/mol. The minimum absolute atomic E-state index is 0.444. The zero-order chi connectivity index (χ0) is 21.1. The number of nitrogens with zero attached hydrogens (tertiary/aromatic N) is 5. The number of primary amides is 1. The number of hydrogen-bond acceptors (Lipinski definition) is 8. The highest BCUT2D eigenvalue weighted by atomic mass is 32.2. The molecule has 1 aliphatic heterocycles. The van der Waals surface area contributed by atoms with E-state index >= 15 is 0 Å². The number of aromatic amines is 1. The van der Waals surface area contributed by atoms with Crippen molar-refractivity contribution in [1.29, 1.82) is 0 Å². The van der Waals surface area contributed by atoms with Gasteiger partial charge in [-0.1, -0.05) is 0 Å². The maximum atomic E-state index is 11.3. The number of nitrogens with two attached hydrogens (primary N) is 1. The molecule has 30 heavy (non-hydrogen) atoms. The molecule has 3 aromatic rings. The number of likely N-dealkylation sites (N-methyl/N-ethyl adjacent to an activating group) is 1. The second kappa shape index (κ2) is 8.72. The van der Waals surface area contributed by atoms with Crippen LogP contribution >= 0.6 is 11.8 Å². The molecule has 0 radical (unpaired) electrons. The molecule has 1 aliphatic rings. The van der Waals surface area contributed by atoms with E-state index in [-0.39, 0.29) is 0 Å². The molecule has 156 valence electrons. The predicted molar refractivity (Wildman–Crippen MR) is 117 cm³/mol. The number of aromatic nitrogens is 4. The van der Waals surface area contributed by atoms with Gasteiger partial charge in [0, 0.05) is 54.5 Å². The number of amides is 1. The summed E-state index contributed by atoms with van der Waals surface area (Å²) in [5, 5.41) is 11.0. The standard InChI is InChI=1S/C20H24N8OS/c1-13-11-17(26-25-13)22-16-12-18(28-9-7-27(2)8-10-28)24-20(23-16)30-15-5-3-14(4-6-15)19(21)29/h3-6,11-12H,7-10H2,1-2H3,(H2,21,29)(H2,22,23,24,25,26). The number of aryl methyl sites for hydroxylation is 1. The van der Waals surface area contributed by atoms with Crippen LogP contribution in [0.5, 0.6) is 0 Å². The Balaban J connectivity index is 1.61. The molecule has 1 saturated heterocycles. The van der Waals surface area contributed by atoms with Crippen molar-refractivity contribution >= 4 is 35.1 Å². The average Bonchev–Trinajstić information content (AvgIpc) is 3.13. The SMILES string of the molecule is Cc1cc(Nc2cc(N3CCN(C)CC3)nc(Sc3ccc(C(N)=O)cc3)n2)n[nH]1. The highest BCUT2D eigenvalue weighted by Gasteiger charge is 2.18. The first-order valence-corrected chi connectivity index (χ1v) is 10.5. The second-order valence-corrected chi connectivity index (χ2v) is 8.28. The summed E-state index contributed by atoms with van der Waals surface area (Å²) >= 11 is 1.44. The Morgan fingerprint density at radius 2 is 1.83 bits per heavy atom. The van der Waals surface area contributed by atoms with Crippen molar-refractivity contribution in [2.75, 3.05) is 43.4 Å². The highest BCUT2D eigenvalue weighted by Crippen LogP contribution is 2.29. The lowest BCUT2D eigenvalue weighted by Gasteiger charge is -2.33. The summed E-state index contributed by atoms with van der Waals surface area (Å²) in [7, 11) is 2.13. The van der Waals surface area contributed by atoms with Gasteiger partial charge in [0.25, 0.3) is 0 Å². The quantitative estimate of drug-likeness (QED) is 0.516. The molecule has 0 spiro atoms. The molecule has 3 heterocycles. The number of piperazine rings is 1. The molecule has 0 unspecified atom stereocenters. The third-order valence-electron chi connectivity index (χ3n) is 4.83. The van der Waals surface area contributed by atoms with E-state index in [4.69, 9.17) is 10.7 Å². The van der Waals surface area contributed by atoms with Gasteiger partial charge in [-0.3, -0.25) is 9.89 Å². The van der Waals surface area contributed by atoms with Crippen LogP contribution in [0.15, 0.2) is 46.5 Å². The molecule has 10 heteroatoms. The zero-order valence-electron chi connectivity index (χ0n) is 16.9. The van der Waals surface area contributed by atoms with E-state index in [0.29, 0.717) is 22.4 Å². The summed E-state index contributed by atoms with van der Waals surface area (Å²) in [6, 6.07) is 11.0. The number of carbonyl (C=O) groups excluding carboxylic acids is 1. The van der Waals surface area contributed by atoms with E-state index in [9.17, 15) is 4.79 Å². The summed E-state index contributed by atoms with van der Waals surface area (Å²) in [4.78, 5) is 26.2. The van der Waals surface area contributed by atoms with Gasteiger partial charge in [0.1, 0.15) is 11.6 Å². The van der Waals surface area contributed by atoms with Crippen LogP contribution in [0.4, 0.5) is 17.5 Å². The van der Waals surface area contributed by atoms with Crippen LogP contribution in [-0.4, -0.2) is 64.2 Å². The normalized spacial score (nSPS) is 14.7. The molecule has 4 rings (SSSR count). The fourth-order valence-corrected chi connectivity index (χ4v) is 3.89. The molecule has 0 saturated carbocycles. The molecule has 1 amide bonds. The van der Waals surface area contributed by atoms with Crippen LogP contribution in [0.2, 0.25) is 0 Å². The van der Waals surface area contributed by atoms with Gasteiger partial charge in [0.15, 0.2) is 11.0 Å². The average molecular weight is 425 g/mol. The topological polar surface area (TPSA) is 116 Å². The monoisotopic (exact) mass is 424 g/mol. The first-order chi connectivity index (χ1) is 14.5. The van der Waals surface area contributed by atoms with Gasteiger partial charge in [-0.15, -0.1) is 0 Å². The van der Waals surface area contributed by atoms with Crippen molar-refractivity contribution in [2.45, 2.75) is 17.0 Å². The first kappa shape index (κ1) is 20.2. The summed E-state index contributed by atoms with van der Waals surface area (Å²) < 4.78 is 0. The fourth-order valence-electron chi connectivity index (χ4n) is 3.13. The van der Waals surface area contributed by atoms with Crippen molar-refractivity contribution < 1.29 is 4.79 Å².